The van der Waals surface area contributed by atoms with E-state index >= 15 is 0 Å². The quantitative estimate of drug-likeness (QED) is 0.769. The van der Waals surface area contributed by atoms with Crippen LogP contribution >= 0.6 is 0 Å². The van der Waals surface area contributed by atoms with Crippen LogP contribution in [0.3, 0.4) is 0 Å². The van der Waals surface area contributed by atoms with Gasteiger partial charge in [0.1, 0.15) is 5.41 Å². The van der Waals surface area contributed by atoms with E-state index in [9.17, 15) is 14.4 Å². The number of amides is 3. The van der Waals surface area contributed by atoms with Crippen LogP contribution in [0.5, 0.6) is 0 Å². The second-order valence-electron chi connectivity index (χ2n) is 6.80. The van der Waals surface area contributed by atoms with Crippen molar-refractivity contribution in [1.82, 2.24) is 9.80 Å². The van der Waals surface area contributed by atoms with Crippen LogP contribution in [0.1, 0.15) is 20.8 Å². The Bertz CT molecular complexity index is 652. The van der Waals surface area contributed by atoms with Gasteiger partial charge in [0, 0.05) is 38.9 Å². The van der Waals surface area contributed by atoms with Gasteiger partial charge in [-0.15, -0.1) is 0 Å². The molecule has 0 radical (unpaired) electrons. The fraction of sp³-hybridized carbons (Fsp3) is 0.526. The van der Waals surface area contributed by atoms with Crippen molar-refractivity contribution in [3.05, 3.63) is 30.3 Å². The van der Waals surface area contributed by atoms with Crippen molar-refractivity contribution in [1.29, 1.82) is 0 Å². The van der Waals surface area contributed by atoms with E-state index in [2.05, 4.69) is 0 Å². The molecule has 1 saturated heterocycles. The molecule has 0 unspecified atom stereocenters. The third kappa shape index (κ3) is 4.15. The molecule has 3 amide bonds. The Balaban J connectivity index is 2.01. The zero-order chi connectivity index (χ0) is 19.3. The second-order valence-corrected chi connectivity index (χ2v) is 6.80. The highest BCUT2D eigenvalue weighted by molar-refractivity contribution is 6.10. The number of carbonyl (C=O) groups excluding carboxylic acids is 3. The Morgan fingerprint density at radius 1 is 1.04 bits per heavy atom. The summed E-state index contributed by atoms with van der Waals surface area (Å²) in [5, 5.41) is 0. The Morgan fingerprint density at radius 2 is 1.58 bits per heavy atom. The maximum atomic E-state index is 12.9. The van der Waals surface area contributed by atoms with Crippen molar-refractivity contribution in [3.8, 4) is 0 Å². The summed E-state index contributed by atoms with van der Waals surface area (Å²) >= 11 is 0. The number of rotatable bonds is 4. The van der Waals surface area contributed by atoms with Gasteiger partial charge in [-0.05, 0) is 32.9 Å². The molecule has 0 atom stereocenters. The van der Waals surface area contributed by atoms with Crippen molar-refractivity contribution in [2.24, 2.45) is 5.41 Å². The number of piperazine rings is 1. The highest BCUT2D eigenvalue weighted by Gasteiger charge is 2.42. The standard InChI is InChI=1S/C19H27N3O4/c1-5-26-18(25)22-13-11-21(12-14-22)17(24)19(2,3)16(23)20(4)15-9-7-6-8-10-15/h6-10H,5,11-14H2,1-4H3. The number of hydrogen-bond acceptors (Lipinski definition) is 4. The largest absolute Gasteiger partial charge is 0.450 e. The van der Waals surface area contributed by atoms with E-state index in [1.165, 1.54) is 4.90 Å². The predicted octanol–water partition coefficient (Wildman–Crippen LogP) is 1.98. The van der Waals surface area contributed by atoms with Gasteiger partial charge in [0.15, 0.2) is 0 Å². The lowest BCUT2D eigenvalue weighted by Crippen LogP contribution is -2.56. The zero-order valence-corrected chi connectivity index (χ0v) is 15.9. The Hall–Kier alpha value is -2.57. The molecule has 1 aliphatic rings. The molecule has 0 saturated carbocycles. The van der Waals surface area contributed by atoms with E-state index in [0.29, 0.717) is 32.8 Å². The van der Waals surface area contributed by atoms with Gasteiger partial charge in [0.2, 0.25) is 11.8 Å². The van der Waals surface area contributed by atoms with Crippen molar-refractivity contribution in [2.45, 2.75) is 20.8 Å². The number of carbonyl (C=O) groups is 3. The van der Waals surface area contributed by atoms with E-state index in [-0.39, 0.29) is 17.9 Å². The number of anilines is 1. The lowest BCUT2D eigenvalue weighted by molar-refractivity contribution is -0.148. The summed E-state index contributed by atoms with van der Waals surface area (Å²) in [7, 11) is 1.67. The summed E-state index contributed by atoms with van der Waals surface area (Å²) < 4.78 is 4.99. The van der Waals surface area contributed by atoms with Crippen molar-refractivity contribution < 1.29 is 19.1 Å². The van der Waals surface area contributed by atoms with Gasteiger partial charge in [-0.25, -0.2) is 4.79 Å². The molecule has 2 rings (SSSR count). The number of hydrogen-bond donors (Lipinski definition) is 0. The molecule has 0 aliphatic carbocycles. The molecule has 1 aliphatic heterocycles. The predicted molar refractivity (Wildman–Crippen MR) is 98.8 cm³/mol. The minimum absolute atomic E-state index is 0.228. The van der Waals surface area contributed by atoms with Gasteiger partial charge in [-0.3, -0.25) is 9.59 Å². The smallest absolute Gasteiger partial charge is 0.409 e. The summed E-state index contributed by atoms with van der Waals surface area (Å²) in [4.78, 5) is 42.3. The molecule has 0 bridgehead atoms. The monoisotopic (exact) mass is 361 g/mol. The molecule has 0 N–H and O–H groups in total. The minimum atomic E-state index is -1.18. The van der Waals surface area contributed by atoms with E-state index in [0.717, 1.165) is 5.69 Å². The molecule has 142 valence electrons. The van der Waals surface area contributed by atoms with E-state index in [1.807, 2.05) is 30.3 Å². The topological polar surface area (TPSA) is 70.2 Å². The average Bonchev–Trinajstić information content (AvgIpc) is 2.67. The lowest BCUT2D eigenvalue weighted by Gasteiger charge is -2.38. The third-order valence-electron chi connectivity index (χ3n) is 4.61. The Morgan fingerprint density at radius 3 is 2.12 bits per heavy atom. The first-order chi connectivity index (χ1) is 12.3. The van der Waals surface area contributed by atoms with Crippen LogP contribution in [0.4, 0.5) is 10.5 Å². The SMILES string of the molecule is CCOC(=O)N1CCN(C(=O)C(C)(C)C(=O)N(C)c2ccccc2)CC1. The minimum Gasteiger partial charge on any atom is -0.450 e. The molecule has 0 aromatic heterocycles. The zero-order valence-electron chi connectivity index (χ0n) is 15.9. The molecule has 1 aromatic carbocycles. The van der Waals surface area contributed by atoms with Gasteiger partial charge < -0.3 is 19.4 Å². The molecule has 1 aromatic rings. The average molecular weight is 361 g/mol. The second kappa shape index (κ2) is 8.21. The van der Waals surface area contributed by atoms with Crippen LogP contribution in [0.2, 0.25) is 0 Å². The summed E-state index contributed by atoms with van der Waals surface area (Å²) in [6.45, 7) is 6.98. The van der Waals surface area contributed by atoms with Crippen LogP contribution in [-0.4, -0.2) is 67.5 Å². The summed E-state index contributed by atoms with van der Waals surface area (Å²) in [6, 6.07) is 9.24. The molecule has 7 nitrogen and oxygen atoms in total. The summed E-state index contributed by atoms with van der Waals surface area (Å²) in [5.41, 5.74) is -0.443. The summed E-state index contributed by atoms with van der Waals surface area (Å²) in [6.07, 6.45) is -0.362. The highest BCUT2D eigenvalue weighted by Crippen LogP contribution is 2.26. The first-order valence-electron chi connectivity index (χ1n) is 8.83. The fourth-order valence-corrected chi connectivity index (χ4v) is 2.98. The third-order valence-corrected chi connectivity index (χ3v) is 4.61. The first kappa shape index (κ1) is 19.8. The number of benzene rings is 1. The van der Waals surface area contributed by atoms with Crippen LogP contribution in [-0.2, 0) is 14.3 Å². The van der Waals surface area contributed by atoms with Crippen molar-refractivity contribution >= 4 is 23.6 Å². The van der Waals surface area contributed by atoms with Gasteiger partial charge in [-0.1, -0.05) is 18.2 Å². The first-order valence-corrected chi connectivity index (χ1v) is 8.83. The lowest BCUT2D eigenvalue weighted by atomic mass is 9.89. The van der Waals surface area contributed by atoms with Crippen molar-refractivity contribution in [2.75, 3.05) is 44.7 Å². The van der Waals surface area contributed by atoms with Crippen LogP contribution in [0.25, 0.3) is 0 Å². The molecular weight excluding hydrogens is 334 g/mol. The molecule has 7 heteroatoms. The van der Waals surface area contributed by atoms with Gasteiger partial charge in [-0.2, -0.15) is 0 Å². The van der Waals surface area contributed by atoms with Gasteiger partial charge >= 0.3 is 6.09 Å². The van der Waals surface area contributed by atoms with Crippen LogP contribution in [0.15, 0.2) is 30.3 Å². The Kier molecular flexibility index (Phi) is 6.23. The molecular formula is C19H27N3O4. The number of ether oxygens (including phenoxy) is 1. The van der Waals surface area contributed by atoms with E-state index in [4.69, 9.17) is 4.74 Å². The van der Waals surface area contributed by atoms with E-state index in [1.54, 1.807) is 37.6 Å². The maximum absolute atomic E-state index is 12.9. The molecule has 26 heavy (non-hydrogen) atoms. The van der Waals surface area contributed by atoms with E-state index < -0.39 is 5.41 Å². The van der Waals surface area contributed by atoms with Gasteiger partial charge in [0.05, 0.1) is 6.61 Å². The maximum Gasteiger partial charge on any atom is 0.409 e. The fourth-order valence-electron chi connectivity index (χ4n) is 2.98. The normalized spacial score (nSPS) is 14.8. The summed E-state index contributed by atoms with van der Waals surface area (Å²) in [5.74, 6) is -0.490. The number of nitrogens with zero attached hydrogens (tertiary/aromatic N) is 3. The van der Waals surface area contributed by atoms with Crippen molar-refractivity contribution in [3.63, 3.8) is 0 Å². The van der Waals surface area contributed by atoms with Crippen LogP contribution < -0.4 is 4.90 Å². The van der Waals surface area contributed by atoms with Gasteiger partial charge in [0.25, 0.3) is 0 Å². The highest BCUT2D eigenvalue weighted by atomic mass is 16.6. The molecule has 0 spiro atoms. The van der Waals surface area contributed by atoms with Crippen LogP contribution in [0, 0.1) is 5.41 Å². The molecule has 1 heterocycles. The Labute approximate surface area is 154 Å². The molecule has 1 fully saturated rings. The number of para-hydroxylation sites is 1.